The summed E-state index contributed by atoms with van der Waals surface area (Å²) in [5.74, 6) is 1.08. The molecule has 0 radical (unpaired) electrons. The Balaban J connectivity index is 1.80. The topological polar surface area (TPSA) is 36.1 Å². The molecule has 0 bridgehead atoms. The minimum absolute atomic E-state index is 0.249. The molecule has 0 saturated heterocycles. The van der Waals surface area contributed by atoms with E-state index in [2.05, 4.69) is 16.8 Å². The summed E-state index contributed by atoms with van der Waals surface area (Å²) in [7, 11) is 0. The molecule has 112 valence electrons. The molecule has 1 saturated carbocycles. The fourth-order valence-corrected chi connectivity index (χ4v) is 3.13. The zero-order chi connectivity index (χ0) is 14.8. The number of Topliss-reactive ketones (excluding diaryl/α,β-unsaturated/α-hetero) is 1. The van der Waals surface area contributed by atoms with E-state index in [4.69, 9.17) is 0 Å². The number of aromatic nitrogens is 1. The lowest BCUT2D eigenvalue weighted by Gasteiger charge is -2.20. The quantitative estimate of drug-likeness (QED) is 0.785. The Kier molecular flexibility index (Phi) is 4.11. The number of para-hydroxylation sites is 1. The molecule has 1 heterocycles. The summed E-state index contributed by atoms with van der Waals surface area (Å²) in [4.78, 5) is 18.4. The third-order valence-corrected chi connectivity index (χ3v) is 4.29. The lowest BCUT2D eigenvalue weighted by Crippen LogP contribution is -2.32. The predicted octanol–water partition coefficient (Wildman–Crippen LogP) is 3.78. The molecular weight excluding hydrogens is 260 g/mol. The number of benzene rings is 1. The van der Waals surface area contributed by atoms with Crippen LogP contribution in [0.4, 0.5) is 0 Å². The molecule has 0 spiro atoms. The summed E-state index contributed by atoms with van der Waals surface area (Å²) < 4.78 is 0. The molecule has 3 heteroatoms. The number of fused-ring (bicyclic) bond motifs is 1. The first kappa shape index (κ1) is 14.3. The monoisotopic (exact) mass is 284 g/mol. The van der Waals surface area contributed by atoms with Crippen LogP contribution in [0.1, 0.15) is 42.2 Å². The van der Waals surface area contributed by atoms with Gasteiger partial charge in [-0.3, -0.25) is 9.69 Å². The molecule has 21 heavy (non-hydrogen) atoms. The Morgan fingerprint density at radius 1 is 1.33 bits per heavy atom. The van der Waals surface area contributed by atoms with Gasteiger partial charge < -0.3 is 4.98 Å². The second-order valence-corrected chi connectivity index (χ2v) is 6.27. The number of nitrogens with one attached hydrogen (secondary N) is 1. The standard InChI is InChI=1S/C18H24N2O/c1-3-10-20(11-14-8-9-14)12-17(21)18-13(2)19-16-7-5-4-6-15(16)18/h4-7,14,19H,3,8-12H2,1-2H3. The molecule has 3 rings (SSSR count). The highest BCUT2D eigenvalue weighted by Gasteiger charge is 2.26. The Morgan fingerprint density at radius 3 is 2.81 bits per heavy atom. The lowest BCUT2D eigenvalue weighted by atomic mass is 10.1. The number of H-pyrrole nitrogens is 1. The normalized spacial score (nSPS) is 15.0. The molecule has 1 N–H and O–H groups in total. The van der Waals surface area contributed by atoms with Crippen LogP contribution in [-0.4, -0.2) is 35.3 Å². The maximum absolute atomic E-state index is 12.8. The van der Waals surface area contributed by atoms with Crippen molar-refractivity contribution in [3.05, 3.63) is 35.5 Å². The van der Waals surface area contributed by atoms with Gasteiger partial charge in [0.1, 0.15) is 0 Å². The fourth-order valence-electron chi connectivity index (χ4n) is 3.13. The zero-order valence-electron chi connectivity index (χ0n) is 13.0. The van der Waals surface area contributed by atoms with Gasteiger partial charge in [0.25, 0.3) is 0 Å². The van der Waals surface area contributed by atoms with Crippen LogP contribution < -0.4 is 0 Å². The second kappa shape index (κ2) is 6.02. The lowest BCUT2D eigenvalue weighted by molar-refractivity contribution is 0.0928. The van der Waals surface area contributed by atoms with E-state index in [9.17, 15) is 4.79 Å². The number of carbonyl (C=O) groups excluding carboxylic acids is 1. The maximum Gasteiger partial charge on any atom is 0.179 e. The molecule has 2 aromatic rings. The van der Waals surface area contributed by atoms with Gasteiger partial charge in [0.15, 0.2) is 5.78 Å². The van der Waals surface area contributed by atoms with Crippen LogP contribution in [0.25, 0.3) is 10.9 Å². The average Bonchev–Trinajstić information content (AvgIpc) is 3.18. The van der Waals surface area contributed by atoms with Crippen LogP contribution in [0.3, 0.4) is 0 Å². The summed E-state index contributed by atoms with van der Waals surface area (Å²) in [6, 6.07) is 8.08. The van der Waals surface area contributed by atoms with Crippen LogP contribution in [0.15, 0.2) is 24.3 Å². The summed E-state index contributed by atoms with van der Waals surface area (Å²) in [6.07, 6.45) is 3.77. The number of aryl methyl sites for hydroxylation is 1. The highest BCUT2D eigenvalue weighted by Crippen LogP contribution is 2.30. The van der Waals surface area contributed by atoms with Gasteiger partial charge in [-0.1, -0.05) is 25.1 Å². The number of hydrogen-bond acceptors (Lipinski definition) is 2. The number of carbonyl (C=O) groups is 1. The first-order valence-electron chi connectivity index (χ1n) is 8.02. The molecule has 1 aliphatic rings. The van der Waals surface area contributed by atoms with E-state index in [1.165, 1.54) is 12.8 Å². The Hall–Kier alpha value is -1.61. The minimum Gasteiger partial charge on any atom is -0.358 e. The van der Waals surface area contributed by atoms with E-state index >= 15 is 0 Å². The van der Waals surface area contributed by atoms with Gasteiger partial charge in [0, 0.05) is 28.7 Å². The summed E-state index contributed by atoms with van der Waals surface area (Å²) in [6.45, 7) is 6.83. The Labute approximate surface area is 126 Å². The van der Waals surface area contributed by atoms with Gasteiger partial charge in [-0.25, -0.2) is 0 Å². The van der Waals surface area contributed by atoms with Crippen molar-refractivity contribution in [1.82, 2.24) is 9.88 Å². The Bertz CT molecular complexity index is 640. The van der Waals surface area contributed by atoms with Crippen LogP contribution in [0.2, 0.25) is 0 Å². The van der Waals surface area contributed by atoms with Crippen LogP contribution in [0.5, 0.6) is 0 Å². The van der Waals surface area contributed by atoms with Crippen molar-refractivity contribution in [2.75, 3.05) is 19.6 Å². The van der Waals surface area contributed by atoms with Crippen molar-refractivity contribution in [3.8, 4) is 0 Å². The van der Waals surface area contributed by atoms with Crippen LogP contribution in [-0.2, 0) is 0 Å². The SMILES string of the molecule is CCCN(CC(=O)c1c(C)[nH]c2ccccc12)CC1CC1. The summed E-state index contributed by atoms with van der Waals surface area (Å²) in [5.41, 5.74) is 2.93. The highest BCUT2D eigenvalue weighted by atomic mass is 16.1. The highest BCUT2D eigenvalue weighted by molar-refractivity contribution is 6.10. The number of ketones is 1. The molecule has 1 aliphatic carbocycles. The van der Waals surface area contributed by atoms with Crippen molar-refractivity contribution in [1.29, 1.82) is 0 Å². The number of nitrogens with zero attached hydrogens (tertiary/aromatic N) is 1. The van der Waals surface area contributed by atoms with Crippen LogP contribution in [0, 0.1) is 12.8 Å². The van der Waals surface area contributed by atoms with Crippen molar-refractivity contribution in [2.24, 2.45) is 5.92 Å². The van der Waals surface area contributed by atoms with Gasteiger partial charge in [0.2, 0.25) is 0 Å². The molecule has 3 nitrogen and oxygen atoms in total. The molecule has 1 aromatic heterocycles. The smallest absolute Gasteiger partial charge is 0.179 e. The van der Waals surface area contributed by atoms with E-state index in [0.29, 0.717) is 6.54 Å². The largest absolute Gasteiger partial charge is 0.358 e. The maximum atomic E-state index is 12.8. The number of hydrogen-bond donors (Lipinski definition) is 1. The predicted molar refractivity (Wildman–Crippen MR) is 86.8 cm³/mol. The van der Waals surface area contributed by atoms with Gasteiger partial charge >= 0.3 is 0 Å². The zero-order valence-corrected chi connectivity index (χ0v) is 13.0. The van der Waals surface area contributed by atoms with Gasteiger partial charge in [-0.2, -0.15) is 0 Å². The van der Waals surface area contributed by atoms with E-state index < -0.39 is 0 Å². The molecule has 1 fully saturated rings. The first-order valence-corrected chi connectivity index (χ1v) is 8.02. The number of aromatic amines is 1. The fraction of sp³-hybridized carbons (Fsp3) is 0.500. The van der Waals surface area contributed by atoms with Crippen molar-refractivity contribution in [2.45, 2.75) is 33.1 Å². The summed E-state index contributed by atoms with van der Waals surface area (Å²) >= 11 is 0. The van der Waals surface area contributed by atoms with Gasteiger partial charge in [-0.05, 0) is 44.7 Å². The van der Waals surface area contributed by atoms with Gasteiger partial charge in [-0.15, -0.1) is 0 Å². The molecule has 1 aromatic carbocycles. The van der Waals surface area contributed by atoms with Crippen LogP contribution >= 0.6 is 0 Å². The van der Waals surface area contributed by atoms with Crippen molar-refractivity contribution < 1.29 is 4.79 Å². The van der Waals surface area contributed by atoms with E-state index in [0.717, 1.165) is 47.6 Å². The molecule has 0 unspecified atom stereocenters. The minimum atomic E-state index is 0.249. The molecular formula is C18H24N2O. The molecule has 0 aliphatic heterocycles. The van der Waals surface area contributed by atoms with Crippen molar-refractivity contribution >= 4 is 16.7 Å². The Morgan fingerprint density at radius 2 is 2.10 bits per heavy atom. The van der Waals surface area contributed by atoms with E-state index in [1.54, 1.807) is 0 Å². The molecule has 0 amide bonds. The first-order chi connectivity index (χ1) is 10.2. The molecule has 0 atom stereocenters. The van der Waals surface area contributed by atoms with E-state index in [-0.39, 0.29) is 5.78 Å². The van der Waals surface area contributed by atoms with E-state index in [1.807, 2.05) is 31.2 Å². The second-order valence-electron chi connectivity index (χ2n) is 6.27. The number of rotatable bonds is 7. The van der Waals surface area contributed by atoms with Crippen molar-refractivity contribution in [3.63, 3.8) is 0 Å². The van der Waals surface area contributed by atoms with Gasteiger partial charge in [0.05, 0.1) is 6.54 Å². The third kappa shape index (κ3) is 3.18. The average molecular weight is 284 g/mol. The third-order valence-electron chi connectivity index (χ3n) is 4.29. The summed E-state index contributed by atoms with van der Waals surface area (Å²) in [5, 5.41) is 1.06.